The second kappa shape index (κ2) is 13.0. The van der Waals surface area contributed by atoms with E-state index in [1.807, 2.05) is 60.7 Å². The molecule has 0 aliphatic heterocycles. The predicted octanol–water partition coefficient (Wildman–Crippen LogP) is 11.9. The topological polar surface area (TPSA) is 55.2 Å². The Morgan fingerprint density at radius 2 is 1.18 bits per heavy atom. The van der Waals surface area contributed by atoms with Gasteiger partial charge in [-0.2, -0.15) is 0 Å². The monoisotopic (exact) mass is 646 g/mol. The number of aromatic nitrogens is 2. The van der Waals surface area contributed by atoms with Gasteiger partial charge in [0.25, 0.3) is 0 Å². The minimum atomic E-state index is -0.257. The quantitative estimate of drug-likeness (QED) is 0.187. The fraction of sp³-hybridized carbons (Fsp3) is 0.244. The van der Waals surface area contributed by atoms with Crippen LogP contribution in [0, 0.1) is 0 Å². The molecule has 4 heteroatoms. The van der Waals surface area contributed by atoms with Gasteiger partial charge in [0.2, 0.25) is 5.88 Å². The molecule has 4 aromatic carbocycles. The molecule has 6 rings (SSSR count). The van der Waals surface area contributed by atoms with Gasteiger partial charge in [0.05, 0.1) is 11.4 Å². The van der Waals surface area contributed by atoms with Crippen LogP contribution < -0.4 is 4.74 Å². The van der Waals surface area contributed by atoms with Crippen molar-refractivity contribution in [1.82, 2.24) is 9.97 Å². The summed E-state index contributed by atoms with van der Waals surface area (Å²) >= 11 is 0. The van der Waals surface area contributed by atoms with Crippen molar-refractivity contribution in [2.75, 3.05) is 0 Å². The second-order valence-corrected chi connectivity index (χ2v) is 15.4. The van der Waals surface area contributed by atoms with Crippen LogP contribution in [0.5, 0.6) is 17.4 Å². The number of hydrogen-bond donors (Lipinski definition) is 1. The van der Waals surface area contributed by atoms with E-state index in [0.29, 0.717) is 17.3 Å². The molecular formula is C45H46N2O2. The van der Waals surface area contributed by atoms with E-state index in [9.17, 15) is 5.11 Å². The third-order valence-corrected chi connectivity index (χ3v) is 9.30. The maximum Gasteiger partial charge on any atom is 0.219 e. The highest BCUT2D eigenvalue weighted by atomic mass is 16.5. The van der Waals surface area contributed by atoms with Crippen LogP contribution in [0.25, 0.3) is 33.6 Å². The first-order valence-corrected chi connectivity index (χ1v) is 17.0. The Balaban J connectivity index is 1.44. The lowest BCUT2D eigenvalue weighted by Crippen LogP contribution is -2.18. The summed E-state index contributed by atoms with van der Waals surface area (Å²) in [4.78, 5) is 9.76. The molecule has 248 valence electrons. The predicted molar refractivity (Wildman–Crippen MR) is 202 cm³/mol. The highest BCUT2D eigenvalue weighted by Crippen LogP contribution is 2.43. The molecule has 0 unspecified atom stereocenters. The minimum Gasteiger partial charge on any atom is -0.507 e. The number of rotatable bonds is 7. The van der Waals surface area contributed by atoms with Crippen LogP contribution >= 0.6 is 0 Å². The molecule has 0 fully saturated rings. The number of nitrogens with zero attached hydrogens (tertiary/aromatic N) is 2. The number of aromatic hydroxyl groups is 1. The lowest BCUT2D eigenvalue weighted by atomic mass is 9.78. The molecule has 0 bridgehead atoms. The zero-order valence-corrected chi connectivity index (χ0v) is 29.9. The van der Waals surface area contributed by atoms with E-state index in [2.05, 4.69) is 121 Å². The summed E-state index contributed by atoms with van der Waals surface area (Å²) in [5, 5.41) is 11.8. The van der Waals surface area contributed by atoms with Crippen molar-refractivity contribution in [3.8, 4) is 51.0 Å². The van der Waals surface area contributed by atoms with Gasteiger partial charge in [-0.25, -0.2) is 9.97 Å². The Kier molecular flexibility index (Phi) is 8.94. The Bertz CT molecular complexity index is 2090. The molecule has 0 spiro atoms. The molecular weight excluding hydrogens is 601 g/mol. The third kappa shape index (κ3) is 7.29. The first-order valence-electron chi connectivity index (χ1n) is 17.0. The van der Waals surface area contributed by atoms with Gasteiger partial charge in [-0.3, -0.25) is 0 Å². The van der Waals surface area contributed by atoms with Crippen molar-refractivity contribution in [3.05, 3.63) is 150 Å². The van der Waals surface area contributed by atoms with E-state index in [1.54, 1.807) is 6.20 Å². The number of hydrogen-bond acceptors (Lipinski definition) is 4. The molecule has 0 saturated carbocycles. The largest absolute Gasteiger partial charge is 0.507 e. The number of pyridine rings is 2. The lowest BCUT2D eigenvalue weighted by Gasteiger charge is -2.27. The van der Waals surface area contributed by atoms with Gasteiger partial charge in [0.1, 0.15) is 11.5 Å². The van der Waals surface area contributed by atoms with Crippen molar-refractivity contribution in [2.45, 2.75) is 71.6 Å². The fourth-order valence-corrected chi connectivity index (χ4v) is 6.16. The lowest BCUT2D eigenvalue weighted by molar-refractivity contribution is 0.446. The summed E-state index contributed by atoms with van der Waals surface area (Å²) in [5.41, 5.74) is 9.03. The van der Waals surface area contributed by atoms with Crippen molar-refractivity contribution < 1.29 is 9.84 Å². The Hall–Kier alpha value is -5.22. The van der Waals surface area contributed by atoms with Gasteiger partial charge in [0.15, 0.2) is 0 Å². The summed E-state index contributed by atoms with van der Waals surface area (Å²) in [7, 11) is 0. The summed E-state index contributed by atoms with van der Waals surface area (Å²) in [6, 6.07) is 41.2. The molecule has 2 heterocycles. The van der Waals surface area contributed by atoms with E-state index in [4.69, 9.17) is 9.72 Å². The fourth-order valence-electron chi connectivity index (χ4n) is 6.16. The molecule has 0 atom stereocenters. The smallest absolute Gasteiger partial charge is 0.219 e. The van der Waals surface area contributed by atoms with E-state index in [-0.39, 0.29) is 22.0 Å². The highest BCUT2D eigenvalue weighted by Gasteiger charge is 2.27. The second-order valence-electron chi connectivity index (χ2n) is 15.4. The van der Waals surface area contributed by atoms with Crippen molar-refractivity contribution in [3.63, 3.8) is 0 Å². The van der Waals surface area contributed by atoms with Crippen molar-refractivity contribution in [2.24, 2.45) is 0 Å². The van der Waals surface area contributed by atoms with Crippen LogP contribution in [0.15, 0.2) is 128 Å². The molecule has 0 aliphatic carbocycles. The number of phenols is 1. The van der Waals surface area contributed by atoms with Gasteiger partial charge >= 0.3 is 0 Å². The van der Waals surface area contributed by atoms with E-state index in [1.165, 1.54) is 5.56 Å². The average Bonchev–Trinajstić information content (AvgIpc) is 3.08. The van der Waals surface area contributed by atoms with Crippen LogP contribution in [0.3, 0.4) is 0 Å². The van der Waals surface area contributed by atoms with Crippen LogP contribution in [0.2, 0.25) is 0 Å². The summed E-state index contributed by atoms with van der Waals surface area (Å²) in [6.45, 7) is 17.4. The SMILES string of the molecule is CC(C)(C)c1cc(-c2cc(-c3ccccc3)cc(-c3cccc(Oc4cc(C(C)(C)c5ccccc5)ccn4)c3)n2)c(O)c(C(C)(C)C)c1. The van der Waals surface area contributed by atoms with Gasteiger partial charge in [-0.15, -0.1) is 0 Å². The number of phenolic OH excluding ortho intramolecular Hbond substituents is 1. The van der Waals surface area contributed by atoms with Gasteiger partial charge in [-0.1, -0.05) is 134 Å². The number of ether oxygens (including phenoxy) is 1. The molecule has 0 aliphatic rings. The van der Waals surface area contributed by atoms with E-state index in [0.717, 1.165) is 44.6 Å². The highest BCUT2D eigenvalue weighted by molar-refractivity contribution is 5.80. The van der Waals surface area contributed by atoms with Crippen molar-refractivity contribution in [1.29, 1.82) is 0 Å². The zero-order valence-electron chi connectivity index (χ0n) is 29.9. The van der Waals surface area contributed by atoms with Crippen molar-refractivity contribution >= 4 is 0 Å². The molecule has 6 aromatic rings. The molecule has 49 heavy (non-hydrogen) atoms. The van der Waals surface area contributed by atoms with E-state index < -0.39 is 0 Å². The zero-order chi connectivity index (χ0) is 35.0. The average molecular weight is 647 g/mol. The van der Waals surface area contributed by atoms with Gasteiger partial charge < -0.3 is 9.84 Å². The molecule has 0 saturated heterocycles. The Labute approximate surface area is 291 Å². The Morgan fingerprint density at radius 3 is 1.86 bits per heavy atom. The first kappa shape index (κ1) is 33.7. The maximum atomic E-state index is 11.8. The normalized spacial score (nSPS) is 12.2. The summed E-state index contributed by atoms with van der Waals surface area (Å²) in [5.74, 6) is 1.47. The van der Waals surface area contributed by atoms with E-state index >= 15 is 0 Å². The van der Waals surface area contributed by atoms with Gasteiger partial charge in [0, 0.05) is 34.4 Å². The van der Waals surface area contributed by atoms with Crippen LogP contribution in [0.1, 0.15) is 77.6 Å². The molecule has 2 aromatic heterocycles. The van der Waals surface area contributed by atoms with Crippen LogP contribution in [-0.2, 0) is 16.2 Å². The molecule has 0 radical (unpaired) electrons. The number of benzene rings is 4. The summed E-state index contributed by atoms with van der Waals surface area (Å²) in [6.07, 6.45) is 1.81. The maximum absolute atomic E-state index is 11.8. The standard InChI is InChI=1S/C45H46N2O2/c1-43(2,3)35-27-37(42(48)38(28-35)44(4,5)6)40-26-32(30-16-11-9-12-17-30)25-39(47-40)31-18-15-21-36(24-31)49-41-29-34(22-23-46-41)45(7,8)33-19-13-10-14-20-33/h9-29,48H,1-8H3. The molecule has 1 N–H and O–H groups in total. The third-order valence-electron chi connectivity index (χ3n) is 9.30. The van der Waals surface area contributed by atoms with Crippen LogP contribution in [-0.4, -0.2) is 15.1 Å². The Morgan fingerprint density at radius 1 is 0.531 bits per heavy atom. The first-order chi connectivity index (χ1) is 23.2. The molecule has 0 amide bonds. The minimum absolute atomic E-state index is 0.115. The molecule has 4 nitrogen and oxygen atoms in total. The van der Waals surface area contributed by atoms with Gasteiger partial charge in [-0.05, 0) is 75.0 Å². The van der Waals surface area contributed by atoms with Crippen LogP contribution in [0.4, 0.5) is 0 Å². The summed E-state index contributed by atoms with van der Waals surface area (Å²) < 4.78 is 6.39.